The van der Waals surface area contributed by atoms with Gasteiger partial charge in [-0.1, -0.05) is 26.0 Å². The molecule has 0 aliphatic carbocycles. The Bertz CT molecular complexity index is 744. The number of nitrogens with two attached hydrogens (primary N) is 2. The van der Waals surface area contributed by atoms with Crippen molar-refractivity contribution in [2.75, 3.05) is 16.2 Å². The summed E-state index contributed by atoms with van der Waals surface area (Å²) in [5.41, 5.74) is 13.5. The van der Waals surface area contributed by atoms with Gasteiger partial charge in [0.25, 0.3) is 10.0 Å². The second kappa shape index (κ2) is 6.89. The minimum Gasteiger partial charge on any atom is -0.397 e. The molecular weight excluding hydrogens is 322 g/mol. The molecule has 0 spiro atoms. The summed E-state index contributed by atoms with van der Waals surface area (Å²) in [6.45, 7) is 4.11. The van der Waals surface area contributed by atoms with Crippen molar-refractivity contribution >= 4 is 39.5 Å². The monoisotopic (exact) mass is 341 g/mol. The van der Waals surface area contributed by atoms with E-state index in [2.05, 4.69) is 18.6 Å². The van der Waals surface area contributed by atoms with Gasteiger partial charge in [0.2, 0.25) is 0 Å². The molecule has 0 bridgehead atoms. The van der Waals surface area contributed by atoms with Crippen LogP contribution >= 0.6 is 12.4 Å². The first kappa shape index (κ1) is 18.1. The fourth-order valence-electron chi connectivity index (χ4n) is 1.88. The van der Waals surface area contributed by atoms with Gasteiger partial charge in [-0.25, -0.2) is 8.42 Å². The molecule has 0 aliphatic heterocycles. The van der Waals surface area contributed by atoms with Crippen molar-refractivity contribution in [3.05, 3.63) is 48.0 Å². The highest BCUT2D eigenvalue weighted by molar-refractivity contribution is 7.92. The Hall–Kier alpha value is -1.92. The maximum atomic E-state index is 12.3. The van der Waals surface area contributed by atoms with Crippen molar-refractivity contribution in [3.63, 3.8) is 0 Å². The van der Waals surface area contributed by atoms with Gasteiger partial charge in [-0.2, -0.15) is 0 Å². The van der Waals surface area contributed by atoms with Gasteiger partial charge in [0.05, 0.1) is 22.0 Å². The van der Waals surface area contributed by atoms with E-state index in [4.69, 9.17) is 11.5 Å². The van der Waals surface area contributed by atoms with E-state index in [1.807, 2.05) is 12.1 Å². The molecule has 2 aromatic rings. The smallest absolute Gasteiger partial charge is 0.261 e. The zero-order valence-corrected chi connectivity index (χ0v) is 14.0. The molecule has 2 rings (SSSR count). The number of benzene rings is 2. The highest BCUT2D eigenvalue weighted by Crippen LogP contribution is 2.23. The van der Waals surface area contributed by atoms with E-state index in [-0.39, 0.29) is 17.3 Å². The Balaban J connectivity index is 0.00000242. The number of sulfonamides is 1. The summed E-state index contributed by atoms with van der Waals surface area (Å²) in [5.74, 6) is 0.353. The molecule has 2 aromatic carbocycles. The average molecular weight is 342 g/mol. The molecule has 0 heterocycles. The largest absolute Gasteiger partial charge is 0.397 e. The van der Waals surface area contributed by atoms with E-state index < -0.39 is 10.0 Å². The van der Waals surface area contributed by atoms with Gasteiger partial charge >= 0.3 is 0 Å². The van der Waals surface area contributed by atoms with Gasteiger partial charge < -0.3 is 11.5 Å². The van der Waals surface area contributed by atoms with E-state index in [0.29, 0.717) is 23.0 Å². The first-order chi connectivity index (χ1) is 9.79. The van der Waals surface area contributed by atoms with Crippen LogP contribution in [0, 0.1) is 0 Å². The number of rotatable bonds is 4. The molecule has 5 N–H and O–H groups in total. The lowest BCUT2D eigenvalue weighted by molar-refractivity contribution is 0.601. The van der Waals surface area contributed by atoms with Crippen LogP contribution in [0.25, 0.3) is 0 Å². The first-order valence-electron chi connectivity index (χ1n) is 6.57. The maximum Gasteiger partial charge on any atom is 0.261 e. The number of nitrogens with one attached hydrogen (secondary N) is 1. The number of hydrogen-bond donors (Lipinski definition) is 3. The van der Waals surface area contributed by atoms with Crippen LogP contribution in [0.2, 0.25) is 0 Å². The van der Waals surface area contributed by atoms with Crippen LogP contribution in [0.1, 0.15) is 25.3 Å². The fourth-order valence-corrected chi connectivity index (χ4v) is 2.93. The minimum atomic E-state index is -3.63. The molecule has 0 fully saturated rings. The molecule has 5 nitrogen and oxygen atoms in total. The molecular formula is C15H20ClN3O2S. The Kier molecular flexibility index (Phi) is 5.68. The summed E-state index contributed by atoms with van der Waals surface area (Å²) in [6.07, 6.45) is 0. The number of halogens is 1. The van der Waals surface area contributed by atoms with Gasteiger partial charge in [0, 0.05) is 0 Å². The van der Waals surface area contributed by atoms with Crippen LogP contribution in [-0.2, 0) is 10.0 Å². The molecule has 0 aliphatic rings. The highest BCUT2D eigenvalue weighted by atomic mass is 35.5. The van der Waals surface area contributed by atoms with Crippen molar-refractivity contribution in [1.82, 2.24) is 0 Å². The Labute approximate surface area is 137 Å². The van der Waals surface area contributed by atoms with Crippen molar-refractivity contribution in [2.45, 2.75) is 24.7 Å². The number of hydrogen-bond acceptors (Lipinski definition) is 4. The first-order valence-corrected chi connectivity index (χ1v) is 8.05. The van der Waals surface area contributed by atoms with E-state index in [1.54, 1.807) is 24.3 Å². The zero-order chi connectivity index (χ0) is 15.6. The topological polar surface area (TPSA) is 98.2 Å². The maximum absolute atomic E-state index is 12.3. The minimum absolute atomic E-state index is 0. The van der Waals surface area contributed by atoms with Crippen LogP contribution in [-0.4, -0.2) is 8.42 Å². The van der Waals surface area contributed by atoms with Crippen LogP contribution in [0.3, 0.4) is 0 Å². The molecule has 22 heavy (non-hydrogen) atoms. The second-order valence-corrected chi connectivity index (χ2v) is 6.86. The van der Waals surface area contributed by atoms with Gasteiger partial charge in [0.1, 0.15) is 0 Å². The molecule has 0 aromatic heterocycles. The van der Waals surface area contributed by atoms with Gasteiger partial charge in [-0.05, 0) is 41.8 Å². The van der Waals surface area contributed by atoms with Crippen LogP contribution in [0.4, 0.5) is 17.1 Å². The summed E-state index contributed by atoms with van der Waals surface area (Å²) in [7, 11) is -3.63. The molecule has 0 saturated carbocycles. The van der Waals surface area contributed by atoms with E-state index in [0.717, 1.165) is 5.56 Å². The predicted octanol–water partition coefficient (Wildman–Crippen LogP) is 3.20. The molecule has 120 valence electrons. The van der Waals surface area contributed by atoms with Crippen molar-refractivity contribution in [1.29, 1.82) is 0 Å². The standard InChI is InChI=1S/C15H19N3O2S.ClH/c1-10(2)11-3-6-13(7-4-11)21(19,20)18-12-5-8-14(16)15(17)9-12;/h3-10,18H,16-17H2,1-2H3;1H. The van der Waals surface area contributed by atoms with Crippen LogP contribution in [0.5, 0.6) is 0 Å². The third-order valence-electron chi connectivity index (χ3n) is 3.20. The van der Waals surface area contributed by atoms with Gasteiger partial charge in [-0.3, -0.25) is 4.72 Å². The summed E-state index contributed by atoms with van der Waals surface area (Å²) in [4.78, 5) is 0.210. The molecule has 0 atom stereocenters. The Morgan fingerprint density at radius 2 is 1.55 bits per heavy atom. The quantitative estimate of drug-likeness (QED) is 0.744. The van der Waals surface area contributed by atoms with Crippen molar-refractivity contribution in [3.8, 4) is 0 Å². The van der Waals surface area contributed by atoms with E-state index in [1.165, 1.54) is 6.07 Å². The summed E-state index contributed by atoms with van der Waals surface area (Å²) < 4.78 is 27.1. The lowest BCUT2D eigenvalue weighted by Gasteiger charge is -2.11. The molecule has 0 unspecified atom stereocenters. The predicted molar refractivity (Wildman–Crippen MR) is 93.9 cm³/mol. The van der Waals surface area contributed by atoms with Crippen molar-refractivity contribution < 1.29 is 8.42 Å². The average Bonchev–Trinajstić information content (AvgIpc) is 2.43. The fraction of sp³-hybridized carbons (Fsp3) is 0.200. The third-order valence-corrected chi connectivity index (χ3v) is 4.59. The van der Waals surface area contributed by atoms with Crippen LogP contribution < -0.4 is 16.2 Å². The SMILES string of the molecule is CC(C)c1ccc(S(=O)(=O)Nc2ccc(N)c(N)c2)cc1.Cl. The Morgan fingerprint density at radius 3 is 2.05 bits per heavy atom. The highest BCUT2D eigenvalue weighted by Gasteiger charge is 2.14. The molecule has 0 amide bonds. The van der Waals surface area contributed by atoms with E-state index >= 15 is 0 Å². The normalized spacial score (nSPS) is 11.0. The lowest BCUT2D eigenvalue weighted by Crippen LogP contribution is -2.13. The van der Waals surface area contributed by atoms with Gasteiger partial charge in [0.15, 0.2) is 0 Å². The zero-order valence-electron chi connectivity index (χ0n) is 12.4. The van der Waals surface area contributed by atoms with Gasteiger partial charge in [-0.15, -0.1) is 12.4 Å². The summed E-state index contributed by atoms with van der Waals surface area (Å²) in [5, 5.41) is 0. The summed E-state index contributed by atoms with van der Waals surface area (Å²) in [6, 6.07) is 11.5. The van der Waals surface area contributed by atoms with Crippen LogP contribution in [0.15, 0.2) is 47.4 Å². The van der Waals surface area contributed by atoms with E-state index in [9.17, 15) is 8.42 Å². The molecule has 0 saturated heterocycles. The second-order valence-electron chi connectivity index (χ2n) is 5.17. The number of nitrogen functional groups attached to an aromatic ring is 2. The summed E-state index contributed by atoms with van der Waals surface area (Å²) >= 11 is 0. The lowest BCUT2D eigenvalue weighted by atomic mass is 10.0. The Morgan fingerprint density at radius 1 is 0.955 bits per heavy atom. The molecule has 7 heteroatoms. The number of anilines is 3. The molecule has 0 radical (unpaired) electrons. The van der Waals surface area contributed by atoms with Crippen molar-refractivity contribution in [2.24, 2.45) is 0 Å². The third kappa shape index (κ3) is 4.05.